The van der Waals surface area contributed by atoms with Crippen LogP contribution in [-0.4, -0.2) is 25.6 Å². The number of carbonyl (C=O) groups is 2. The first-order valence-corrected chi connectivity index (χ1v) is 8.62. The zero-order valence-electron chi connectivity index (χ0n) is 15.4. The van der Waals surface area contributed by atoms with Crippen molar-refractivity contribution in [1.82, 2.24) is 0 Å². The van der Waals surface area contributed by atoms with Gasteiger partial charge in [-0.25, -0.2) is 13.6 Å². The molecule has 0 saturated heterocycles. The Balaban J connectivity index is 1.56. The molecule has 0 aromatic heterocycles. The van der Waals surface area contributed by atoms with Gasteiger partial charge < -0.3 is 14.8 Å². The molecular formula is C22H17F2NO4. The molecule has 0 atom stereocenters. The maximum Gasteiger partial charge on any atom is 0.331 e. The van der Waals surface area contributed by atoms with Crippen LogP contribution in [0.4, 0.5) is 14.5 Å². The summed E-state index contributed by atoms with van der Waals surface area (Å²) in [6.45, 7) is -0.628. The van der Waals surface area contributed by atoms with E-state index >= 15 is 0 Å². The van der Waals surface area contributed by atoms with Crippen molar-refractivity contribution < 1.29 is 27.8 Å². The number of amides is 1. The summed E-state index contributed by atoms with van der Waals surface area (Å²) >= 11 is 0. The molecule has 5 nitrogen and oxygen atoms in total. The second-order valence-electron chi connectivity index (χ2n) is 6.09. The molecule has 0 saturated carbocycles. The maximum atomic E-state index is 13.5. The predicted molar refractivity (Wildman–Crippen MR) is 105 cm³/mol. The molecule has 1 amide bonds. The molecule has 1 N–H and O–H groups in total. The Kier molecular flexibility index (Phi) is 6.19. The van der Waals surface area contributed by atoms with Crippen molar-refractivity contribution in [3.05, 3.63) is 77.9 Å². The number of halogens is 2. The summed E-state index contributed by atoms with van der Waals surface area (Å²) in [5.74, 6) is -2.26. The Morgan fingerprint density at radius 2 is 1.76 bits per heavy atom. The number of hydrogen-bond acceptors (Lipinski definition) is 4. The van der Waals surface area contributed by atoms with Gasteiger partial charge in [0.05, 0.1) is 12.8 Å². The summed E-state index contributed by atoms with van der Waals surface area (Å²) in [6, 6.07) is 13.9. The summed E-state index contributed by atoms with van der Waals surface area (Å²) in [4.78, 5) is 23.5. The highest BCUT2D eigenvalue weighted by Crippen LogP contribution is 2.22. The average molecular weight is 397 g/mol. The summed E-state index contributed by atoms with van der Waals surface area (Å²) in [5, 5.41) is 4.11. The van der Waals surface area contributed by atoms with Crippen LogP contribution in [0.5, 0.6) is 5.75 Å². The number of esters is 1. The van der Waals surface area contributed by atoms with Crippen LogP contribution in [0.15, 0.2) is 60.7 Å². The molecule has 3 aromatic rings. The summed E-state index contributed by atoms with van der Waals surface area (Å²) in [6.07, 6.45) is 2.73. The van der Waals surface area contributed by atoms with E-state index in [2.05, 4.69) is 5.32 Å². The van der Waals surface area contributed by atoms with Gasteiger partial charge in [-0.1, -0.05) is 18.2 Å². The molecule has 148 valence electrons. The van der Waals surface area contributed by atoms with Gasteiger partial charge in [0.25, 0.3) is 5.91 Å². The summed E-state index contributed by atoms with van der Waals surface area (Å²) in [5.41, 5.74) is 0.445. The third kappa shape index (κ3) is 5.38. The van der Waals surface area contributed by atoms with Crippen molar-refractivity contribution in [1.29, 1.82) is 0 Å². The Hall–Kier alpha value is -3.74. The predicted octanol–water partition coefficient (Wildman–Crippen LogP) is 4.32. The van der Waals surface area contributed by atoms with Crippen LogP contribution in [0.3, 0.4) is 0 Å². The molecule has 0 aliphatic heterocycles. The molecule has 29 heavy (non-hydrogen) atoms. The van der Waals surface area contributed by atoms with Gasteiger partial charge in [0.15, 0.2) is 6.61 Å². The van der Waals surface area contributed by atoms with E-state index in [4.69, 9.17) is 9.47 Å². The second-order valence-corrected chi connectivity index (χ2v) is 6.09. The molecule has 0 fully saturated rings. The quantitative estimate of drug-likeness (QED) is 0.497. The van der Waals surface area contributed by atoms with Crippen LogP contribution in [0.25, 0.3) is 16.8 Å². The van der Waals surface area contributed by atoms with E-state index in [9.17, 15) is 18.4 Å². The first kappa shape index (κ1) is 20.0. The Labute approximate surface area is 165 Å². The molecule has 0 bridgehead atoms. The Morgan fingerprint density at radius 1 is 1.00 bits per heavy atom. The molecule has 3 rings (SSSR count). The number of anilines is 1. The SMILES string of the molecule is COc1ccc2cc(/C=C/C(=O)OCC(=O)Nc3cc(F)ccc3F)ccc2c1. The standard InChI is InChI=1S/C22H17F2NO4/c1-28-18-7-5-15-10-14(2-4-16(15)11-18)3-9-22(27)29-13-21(26)25-20-12-17(23)6-8-19(20)24/h2-12H,13H2,1H3,(H,25,26)/b9-3+. The van der Waals surface area contributed by atoms with Crippen molar-refractivity contribution in [2.75, 3.05) is 19.0 Å². The highest BCUT2D eigenvalue weighted by atomic mass is 19.1. The van der Waals surface area contributed by atoms with Crippen LogP contribution >= 0.6 is 0 Å². The van der Waals surface area contributed by atoms with Crippen LogP contribution in [0, 0.1) is 11.6 Å². The van der Waals surface area contributed by atoms with E-state index in [0.717, 1.165) is 40.3 Å². The van der Waals surface area contributed by atoms with Crippen LogP contribution in [0.1, 0.15) is 5.56 Å². The fourth-order valence-electron chi connectivity index (χ4n) is 2.60. The third-order valence-electron chi connectivity index (χ3n) is 4.03. The lowest BCUT2D eigenvalue weighted by atomic mass is 10.1. The fraction of sp³-hybridized carbons (Fsp3) is 0.0909. The van der Waals surface area contributed by atoms with E-state index in [1.54, 1.807) is 13.2 Å². The van der Waals surface area contributed by atoms with Crippen LogP contribution in [-0.2, 0) is 14.3 Å². The molecule has 0 aliphatic carbocycles. The molecule has 0 unspecified atom stereocenters. The van der Waals surface area contributed by atoms with Crippen molar-refractivity contribution in [3.63, 3.8) is 0 Å². The molecular weight excluding hydrogens is 380 g/mol. The molecule has 0 radical (unpaired) electrons. The number of hydrogen-bond donors (Lipinski definition) is 1. The molecule has 3 aromatic carbocycles. The van der Waals surface area contributed by atoms with Gasteiger partial charge in [-0.2, -0.15) is 0 Å². The van der Waals surface area contributed by atoms with Gasteiger partial charge in [0.1, 0.15) is 17.4 Å². The lowest BCUT2D eigenvalue weighted by Gasteiger charge is -2.06. The maximum absolute atomic E-state index is 13.5. The first-order valence-electron chi connectivity index (χ1n) is 8.62. The largest absolute Gasteiger partial charge is 0.497 e. The Bertz CT molecular complexity index is 1100. The highest BCUT2D eigenvalue weighted by molar-refractivity contribution is 5.95. The van der Waals surface area contributed by atoms with Gasteiger partial charge in [0.2, 0.25) is 0 Å². The van der Waals surface area contributed by atoms with Crippen molar-refractivity contribution >= 4 is 34.4 Å². The molecule has 0 spiro atoms. The highest BCUT2D eigenvalue weighted by Gasteiger charge is 2.10. The number of benzene rings is 3. The monoisotopic (exact) mass is 397 g/mol. The van der Waals surface area contributed by atoms with Gasteiger partial charge >= 0.3 is 5.97 Å². The third-order valence-corrected chi connectivity index (χ3v) is 4.03. The lowest BCUT2D eigenvalue weighted by molar-refractivity contribution is -0.142. The zero-order valence-corrected chi connectivity index (χ0v) is 15.4. The van der Waals surface area contributed by atoms with Gasteiger partial charge in [-0.05, 0) is 52.7 Å². The smallest absolute Gasteiger partial charge is 0.331 e. The van der Waals surface area contributed by atoms with E-state index in [0.29, 0.717) is 0 Å². The topological polar surface area (TPSA) is 64.6 Å². The number of nitrogens with one attached hydrogen (secondary N) is 1. The number of fused-ring (bicyclic) bond motifs is 1. The van der Waals surface area contributed by atoms with E-state index in [1.165, 1.54) is 6.08 Å². The number of carbonyl (C=O) groups excluding carboxylic acids is 2. The van der Waals surface area contributed by atoms with E-state index < -0.39 is 30.1 Å². The fourth-order valence-corrected chi connectivity index (χ4v) is 2.60. The van der Waals surface area contributed by atoms with Crippen molar-refractivity contribution in [2.45, 2.75) is 0 Å². The zero-order chi connectivity index (χ0) is 20.8. The number of methoxy groups -OCH3 is 1. The molecule has 0 aliphatic rings. The van der Waals surface area contributed by atoms with E-state index in [1.807, 2.05) is 36.4 Å². The summed E-state index contributed by atoms with van der Waals surface area (Å²) < 4.78 is 36.6. The van der Waals surface area contributed by atoms with Gasteiger partial charge in [-0.15, -0.1) is 0 Å². The molecule has 7 heteroatoms. The lowest BCUT2D eigenvalue weighted by Crippen LogP contribution is -2.20. The van der Waals surface area contributed by atoms with Crippen molar-refractivity contribution in [3.8, 4) is 5.75 Å². The van der Waals surface area contributed by atoms with Crippen molar-refractivity contribution in [2.24, 2.45) is 0 Å². The average Bonchev–Trinajstić information content (AvgIpc) is 2.72. The minimum atomic E-state index is -0.792. The second kappa shape index (κ2) is 8.97. The minimum absolute atomic E-state index is 0.325. The van der Waals surface area contributed by atoms with Gasteiger partial charge in [-0.3, -0.25) is 4.79 Å². The van der Waals surface area contributed by atoms with Crippen LogP contribution < -0.4 is 10.1 Å². The Morgan fingerprint density at radius 3 is 2.55 bits per heavy atom. The van der Waals surface area contributed by atoms with Gasteiger partial charge in [0, 0.05) is 12.1 Å². The summed E-state index contributed by atoms with van der Waals surface area (Å²) in [7, 11) is 1.60. The first-order chi connectivity index (χ1) is 13.9. The van der Waals surface area contributed by atoms with E-state index in [-0.39, 0.29) is 5.69 Å². The molecule has 0 heterocycles. The van der Waals surface area contributed by atoms with Crippen LogP contribution in [0.2, 0.25) is 0 Å². The minimum Gasteiger partial charge on any atom is -0.497 e. The number of rotatable bonds is 6. The number of ether oxygens (including phenoxy) is 2. The normalized spacial score (nSPS) is 10.9.